The van der Waals surface area contributed by atoms with Gasteiger partial charge >= 0.3 is 0 Å². The highest BCUT2D eigenvalue weighted by Crippen LogP contribution is 2.15. The molecule has 0 radical (unpaired) electrons. The van der Waals surface area contributed by atoms with Crippen LogP contribution in [0.5, 0.6) is 0 Å². The average Bonchev–Trinajstić information content (AvgIpc) is 2.03. The van der Waals surface area contributed by atoms with E-state index in [0.717, 1.165) is 5.56 Å². The van der Waals surface area contributed by atoms with Crippen molar-refractivity contribution in [1.82, 2.24) is 0 Å². The van der Waals surface area contributed by atoms with Crippen LogP contribution in [0.15, 0.2) is 24.3 Å². The summed E-state index contributed by atoms with van der Waals surface area (Å²) in [6.07, 6.45) is 0.663. The number of benzene rings is 1. The van der Waals surface area contributed by atoms with Crippen molar-refractivity contribution in [3.63, 3.8) is 0 Å². The second-order valence-corrected chi connectivity index (χ2v) is 4.00. The zero-order valence-electron chi connectivity index (χ0n) is 7.26. The Morgan fingerprint density at radius 1 is 1.46 bits per heavy atom. The Kier molecular flexibility index (Phi) is 3.76. The van der Waals surface area contributed by atoms with Gasteiger partial charge in [0.05, 0.1) is 0 Å². The highest BCUT2D eigenvalue weighted by Gasteiger charge is 2.09. The van der Waals surface area contributed by atoms with Crippen molar-refractivity contribution in [2.45, 2.75) is 18.7 Å². The molecule has 1 aromatic rings. The predicted octanol–water partition coefficient (Wildman–Crippen LogP) is 3.24. The summed E-state index contributed by atoms with van der Waals surface area (Å²) in [4.78, 5) is 11.0. The van der Waals surface area contributed by atoms with Crippen LogP contribution in [0.3, 0.4) is 0 Å². The van der Waals surface area contributed by atoms with E-state index in [1.807, 2.05) is 19.1 Å². The van der Waals surface area contributed by atoms with Gasteiger partial charge in [-0.25, -0.2) is 0 Å². The van der Waals surface area contributed by atoms with Crippen LogP contribution in [0, 0.1) is 0 Å². The number of hydrogen-bond acceptors (Lipinski definition) is 1. The molecule has 0 aromatic heterocycles. The zero-order chi connectivity index (χ0) is 9.84. The van der Waals surface area contributed by atoms with Crippen LogP contribution in [0.25, 0.3) is 0 Å². The largest absolute Gasteiger partial charge is 0.276 e. The van der Waals surface area contributed by atoms with Crippen molar-refractivity contribution in [2.24, 2.45) is 0 Å². The summed E-state index contributed by atoms with van der Waals surface area (Å²) in [5.74, 6) is 0. The molecule has 70 valence electrons. The molecule has 0 fully saturated rings. The molecule has 0 saturated heterocycles. The first-order valence-corrected chi connectivity index (χ1v) is 4.84. The molecule has 0 aliphatic carbocycles. The summed E-state index contributed by atoms with van der Waals surface area (Å²) < 4.78 is 0. The van der Waals surface area contributed by atoms with Crippen LogP contribution < -0.4 is 0 Å². The predicted molar refractivity (Wildman–Crippen MR) is 55.6 cm³/mol. The van der Waals surface area contributed by atoms with E-state index in [1.54, 1.807) is 12.1 Å². The van der Waals surface area contributed by atoms with Crippen LogP contribution in [0.1, 0.15) is 22.8 Å². The molecule has 0 aliphatic rings. The van der Waals surface area contributed by atoms with Gasteiger partial charge in [0, 0.05) is 10.9 Å². The smallest absolute Gasteiger partial charge is 0.252 e. The summed E-state index contributed by atoms with van der Waals surface area (Å²) in [6.45, 7) is 1.89. The van der Waals surface area contributed by atoms with Gasteiger partial charge in [-0.3, -0.25) is 4.79 Å². The van der Waals surface area contributed by atoms with Crippen molar-refractivity contribution in [1.29, 1.82) is 0 Å². The van der Waals surface area contributed by atoms with Crippen LogP contribution >= 0.6 is 23.2 Å². The third kappa shape index (κ3) is 3.02. The number of rotatable bonds is 3. The van der Waals surface area contributed by atoms with Crippen molar-refractivity contribution in [2.75, 3.05) is 0 Å². The Labute approximate surface area is 87.7 Å². The molecular weight excluding hydrogens is 207 g/mol. The second-order valence-electron chi connectivity index (χ2n) is 2.92. The molecule has 1 nitrogen and oxygen atoms in total. The third-order valence-corrected chi connectivity index (χ3v) is 2.09. The SMILES string of the molecule is CC(Cl)Cc1ccccc1C(=O)Cl. The third-order valence-electron chi connectivity index (χ3n) is 1.73. The Morgan fingerprint density at radius 3 is 2.62 bits per heavy atom. The minimum Gasteiger partial charge on any atom is -0.276 e. The van der Waals surface area contributed by atoms with Gasteiger partial charge in [0.15, 0.2) is 0 Å². The van der Waals surface area contributed by atoms with Crippen LogP contribution in [-0.2, 0) is 6.42 Å². The monoisotopic (exact) mass is 216 g/mol. The lowest BCUT2D eigenvalue weighted by Gasteiger charge is -2.06. The van der Waals surface area contributed by atoms with E-state index in [2.05, 4.69) is 0 Å². The van der Waals surface area contributed by atoms with Gasteiger partial charge in [0.2, 0.25) is 0 Å². The van der Waals surface area contributed by atoms with Crippen LogP contribution in [0.2, 0.25) is 0 Å². The maximum atomic E-state index is 11.0. The molecule has 0 saturated carbocycles. The lowest BCUT2D eigenvalue weighted by molar-refractivity contribution is 0.108. The highest BCUT2D eigenvalue weighted by molar-refractivity contribution is 6.67. The van der Waals surface area contributed by atoms with Gasteiger partial charge in [-0.05, 0) is 36.6 Å². The fraction of sp³-hybridized carbons (Fsp3) is 0.300. The van der Waals surface area contributed by atoms with Gasteiger partial charge in [-0.15, -0.1) is 11.6 Å². The molecule has 0 amide bonds. The van der Waals surface area contributed by atoms with E-state index in [4.69, 9.17) is 23.2 Å². The summed E-state index contributed by atoms with van der Waals surface area (Å²) in [5.41, 5.74) is 1.46. The van der Waals surface area contributed by atoms with Crippen LogP contribution in [0.4, 0.5) is 0 Å². The molecule has 0 spiro atoms. The van der Waals surface area contributed by atoms with E-state index in [-0.39, 0.29) is 5.38 Å². The summed E-state index contributed by atoms with van der Waals surface area (Å²) in [7, 11) is 0. The number of carbonyl (C=O) groups excluding carboxylic acids is 1. The maximum absolute atomic E-state index is 11.0. The van der Waals surface area contributed by atoms with E-state index in [9.17, 15) is 4.79 Å². The standard InChI is InChI=1S/C10H10Cl2O/c1-7(11)6-8-4-2-3-5-9(8)10(12)13/h2-5,7H,6H2,1H3. The van der Waals surface area contributed by atoms with E-state index < -0.39 is 5.24 Å². The van der Waals surface area contributed by atoms with Gasteiger partial charge in [0.1, 0.15) is 0 Å². The molecule has 3 heteroatoms. The molecule has 1 rings (SSSR count). The number of carbonyl (C=O) groups is 1. The van der Waals surface area contributed by atoms with Gasteiger partial charge < -0.3 is 0 Å². The molecule has 1 atom stereocenters. The number of hydrogen-bond donors (Lipinski definition) is 0. The van der Waals surface area contributed by atoms with Crippen molar-refractivity contribution >= 4 is 28.4 Å². The molecule has 0 aliphatic heterocycles. The first-order valence-electron chi connectivity index (χ1n) is 4.03. The van der Waals surface area contributed by atoms with Gasteiger partial charge in [0.25, 0.3) is 5.24 Å². The van der Waals surface area contributed by atoms with Crippen molar-refractivity contribution in [3.8, 4) is 0 Å². The molecular formula is C10H10Cl2O. The van der Waals surface area contributed by atoms with Gasteiger partial charge in [-0.1, -0.05) is 18.2 Å². The number of halogens is 2. The van der Waals surface area contributed by atoms with Crippen LogP contribution in [-0.4, -0.2) is 10.6 Å². The molecule has 1 aromatic carbocycles. The normalized spacial score (nSPS) is 12.5. The minimum atomic E-state index is -0.423. The molecule has 13 heavy (non-hydrogen) atoms. The quantitative estimate of drug-likeness (QED) is 0.561. The Balaban J connectivity index is 2.98. The Bertz CT molecular complexity index is 308. The fourth-order valence-corrected chi connectivity index (χ4v) is 1.54. The lowest BCUT2D eigenvalue weighted by Crippen LogP contribution is -2.03. The lowest BCUT2D eigenvalue weighted by atomic mass is 10.0. The number of alkyl halides is 1. The van der Waals surface area contributed by atoms with E-state index >= 15 is 0 Å². The van der Waals surface area contributed by atoms with Crippen molar-refractivity contribution < 1.29 is 4.79 Å². The average molecular weight is 217 g/mol. The van der Waals surface area contributed by atoms with Crippen molar-refractivity contribution in [3.05, 3.63) is 35.4 Å². The first kappa shape index (κ1) is 10.6. The first-order chi connectivity index (χ1) is 6.11. The van der Waals surface area contributed by atoms with Gasteiger partial charge in [-0.2, -0.15) is 0 Å². The Hall–Kier alpha value is -0.530. The highest BCUT2D eigenvalue weighted by atomic mass is 35.5. The summed E-state index contributed by atoms with van der Waals surface area (Å²) in [5, 5.41) is -0.412. The fourth-order valence-electron chi connectivity index (χ4n) is 1.19. The molecule has 1 unspecified atom stereocenters. The van der Waals surface area contributed by atoms with E-state index in [0.29, 0.717) is 12.0 Å². The molecule has 0 N–H and O–H groups in total. The minimum absolute atomic E-state index is 0.0113. The molecule has 0 bridgehead atoms. The van der Waals surface area contributed by atoms with E-state index in [1.165, 1.54) is 0 Å². The topological polar surface area (TPSA) is 17.1 Å². The summed E-state index contributed by atoms with van der Waals surface area (Å²) in [6, 6.07) is 7.24. The second kappa shape index (κ2) is 4.64. The summed E-state index contributed by atoms with van der Waals surface area (Å²) >= 11 is 11.2. The maximum Gasteiger partial charge on any atom is 0.252 e. The Morgan fingerprint density at radius 2 is 2.08 bits per heavy atom. The zero-order valence-corrected chi connectivity index (χ0v) is 8.77. The molecule has 0 heterocycles.